The van der Waals surface area contributed by atoms with Crippen LogP contribution < -0.4 is 5.32 Å². The predicted molar refractivity (Wildman–Crippen MR) is 39.5 cm³/mol. The van der Waals surface area contributed by atoms with E-state index in [1.807, 2.05) is 0 Å². The summed E-state index contributed by atoms with van der Waals surface area (Å²) in [5.41, 5.74) is 0.0804. The van der Waals surface area contributed by atoms with Gasteiger partial charge in [0, 0.05) is 12.0 Å². The van der Waals surface area contributed by atoms with E-state index in [2.05, 4.69) is 35.1 Å². The molecule has 1 unspecified atom stereocenters. The number of amides is 1. The van der Waals surface area contributed by atoms with Gasteiger partial charge in [-0.3, -0.25) is 4.79 Å². The minimum atomic E-state index is -0.00926. The van der Waals surface area contributed by atoms with Crippen molar-refractivity contribution >= 4 is 21.8 Å². The lowest BCUT2D eigenvalue weighted by Crippen LogP contribution is -2.23. The van der Waals surface area contributed by atoms with Gasteiger partial charge >= 0.3 is 0 Å². The number of alkyl halides is 1. The van der Waals surface area contributed by atoms with Gasteiger partial charge < -0.3 is 5.32 Å². The molecule has 0 spiro atoms. The number of nitrogens with one attached hydrogen (secondary N) is 1. The lowest BCUT2D eigenvalue weighted by Gasteiger charge is -2.17. The van der Waals surface area contributed by atoms with E-state index < -0.39 is 0 Å². The average molecular weight is 192 g/mol. The van der Waals surface area contributed by atoms with Crippen LogP contribution in [0.1, 0.15) is 13.8 Å². The molecule has 0 bridgehead atoms. The highest BCUT2D eigenvalue weighted by atomic mass is 79.9. The Labute approximate surface area is 63.1 Å². The smallest absolute Gasteiger partial charge is 0.234 e. The molecule has 1 saturated heterocycles. The van der Waals surface area contributed by atoms with Gasteiger partial charge in [-0.05, 0) is 0 Å². The van der Waals surface area contributed by atoms with Crippen molar-refractivity contribution in [3.8, 4) is 0 Å². The van der Waals surface area contributed by atoms with Crippen molar-refractivity contribution in [3.63, 3.8) is 0 Å². The summed E-state index contributed by atoms with van der Waals surface area (Å²) in [5.74, 6) is 0.111. The number of hydrogen-bond donors (Lipinski definition) is 1. The first-order valence-electron chi connectivity index (χ1n) is 2.96. The van der Waals surface area contributed by atoms with Crippen LogP contribution in [-0.4, -0.2) is 17.3 Å². The van der Waals surface area contributed by atoms with Gasteiger partial charge in [0.2, 0.25) is 5.91 Å². The number of rotatable bonds is 0. The second-order valence-corrected chi connectivity index (χ2v) is 3.98. The maximum absolute atomic E-state index is 10.8. The molecule has 0 aromatic carbocycles. The van der Waals surface area contributed by atoms with Gasteiger partial charge in [0.05, 0.1) is 4.83 Å². The lowest BCUT2D eigenvalue weighted by molar-refractivity contribution is -0.118. The second kappa shape index (κ2) is 1.97. The van der Waals surface area contributed by atoms with Crippen molar-refractivity contribution in [2.24, 2.45) is 5.41 Å². The van der Waals surface area contributed by atoms with Crippen LogP contribution in [0.3, 0.4) is 0 Å². The molecule has 1 N–H and O–H groups in total. The van der Waals surface area contributed by atoms with Gasteiger partial charge in [-0.15, -0.1) is 0 Å². The van der Waals surface area contributed by atoms with Gasteiger partial charge in [-0.25, -0.2) is 0 Å². The maximum Gasteiger partial charge on any atom is 0.234 e. The van der Waals surface area contributed by atoms with Gasteiger partial charge in [-0.1, -0.05) is 29.8 Å². The Kier molecular flexibility index (Phi) is 1.55. The third-order valence-corrected chi connectivity index (χ3v) is 3.29. The normalized spacial score (nSPS) is 32.3. The van der Waals surface area contributed by atoms with E-state index in [0.717, 1.165) is 6.54 Å². The molecule has 1 rings (SSSR count). The maximum atomic E-state index is 10.8. The van der Waals surface area contributed by atoms with Crippen molar-refractivity contribution < 1.29 is 4.79 Å². The van der Waals surface area contributed by atoms with Crippen LogP contribution in [-0.2, 0) is 4.79 Å². The minimum Gasteiger partial charge on any atom is -0.355 e. The molecule has 9 heavy (non-hydrogen) atoms. The van der Waals surface area contributed by atoms with Crippen LogP contribution in [0, 0.1) is 5.41 Å². The summed E-state index contributed by atoms with van der Waals surface area (Å²) < 4.78 is 0. The van der Waals surface area contributed by atoms with Crippen LogP contribution in [0.5, 0.6) is 0 Å². The molecule has 1 amide bonds. The number of carbonyl (C=O) groups excluding carboxylic acids is 1. The molecule has 1 atom stereocenters. The van der Waals surface area contributed by atoms with E-state index in [1.165, 1.54) is 0 Å². The molecule has 0 aliphatic carbocycles. The average Bonchev–Trinajstić information content (AvgIpc) is 1.97. The van der Waals surface area contributed by atoms with E-state index in [9.17, 15) is 4.79 Å². The highest BCUT2D eigenvalue weighted by Crippen LogP contribution is 2.30. The molecule has 1 aliphatic rings. The summed E-state index contributed by atoms with van der Waals surface area (Å²) in [5, 5.41) is 2.77. The van der Waals surface area contributed by atoms with E-state index >= 15 is 0 Å². The molecule has 0 radical (unpaired) electrons. The quantitative estimate of drug-likeness (QED) is 0.567. The summed E-state index contributed by atoms with van der Waals surface area (Å²) in [6.45, 7) is 4.90. The van der Waals surface area contributed by atoms with Crippen LogP contribution in [0.15, 0.2) is 0 Å². The Morgan fingerprint density at radius 3 is 2.44 bits per heavy atom. The minimum absolute atomic E-state index is 0.00926. The van der Waals surface area contributed by atoms with Crippen LogP contribution in [0.2, 0.25) is 0 Å². The van der Waals surface area contributed by atoms with Crippen LogP contribution >= 0.6 is 15.9 Å². The fourth-order valence-corrected chi connectivity index (χ4v) is 1.17. The van der Waals surface area contributed by atoms with Crippen molar-refractivity contribution in [1.82, 2.24) is 5.32 Å². The Morgan fingerprint density at radius 2 is 2.33 bits per heavy atom. The lowest BCUT2D eigenvalue weighted by atomic mass is 9.93. The van der Waals surface area contributed by atoms with E-state index in [-0.39, 0.29) is 16.1 Å². The van der Waals surface area contributed by atoms with Gasteiger partial charge in [0.1, 0.15) is 0 Å². The first-order valence-corrected chi connectivity index (χ1v) is 3.87. The molecule has 1 heterocycles. The zero-order chi connectivity index (χ0) is 7.07. The monoisotopic (exact) mass is 191 g/mol. The number of carbonyl (C=O) groups is 1. The third-order valence-electron chi connectivity index (χ3n) is 1.63. The Balaban J connectivity index is 2.73. The molecule has 0 aromatic heterocycles. The summed E-state index contributed by atoms with van der Waals surface area (Å²) in [6.07, 6.45) is 0. The predicted octanol–water partition coefficient (Wildman–Crippen LogP) is 0.906. The van der Waals surface area contributed by atoms with E-state index in [0.29, 0.717) is 0 Å². The molecule has 1 aliphatic heterocycles. The summed E-state index contributed by atoms with van der Waals surface area (Å²) in [6, 6.07) is 0. The molecule has 0 saturated carbocycles. The Bertz CT molecular complexity index is 144. The van der Waals surface area contributed by atoms with E-state index in [4.69, 9.17) is 0 Å². The first kappa shape index (κ1) is 7.06. The number of halogens is 1. The standard InChI is InChI=1S/C6H10BrNO/c1-6(2)3-8-5(9)4(6)7/h4H,3H2,1-2H3,(H,8,9). The largest absolute Gasteiger partial charge is 0.355 e. The molecule has 52 valence electrons. The summed E-state index contributed by atoms with van der Waals surface area (Å²) >= 11 is 3.31. The summed E-state index contributed by atoms with van der Waals surface area (Å²) in [4.78, 5) is 10.8. The topological polar surface area (TPSA) is 29.1 Å². The Hall–Kier alpha value is -0.0500. The van der Waals surface area contributed by atoms with Crippen molar-refractivity contribution in [2.75, 3.05) is 6.54 Å². The highest BCUT2D eigenvalue weighted by Gasteiger charge is 2.38. The van der Waals surface area contributed by atoms with Gasteiger partial charge in [-0.2, -0.15) is 0 Å². The Morgan fingerprint density at radius 1 is 1.78 bits per heavy atom. The first-order chi connectivity index (χ1) is 4.04. The molecule has 0 aromatic rings. The SMILES string of the molecule is CC1(C)CNC(=O)C1Br. The van der Waals surface area contributed by atoms with Gasteiger partial charge in [0.15, 0.2) is 0 Å². The van der Waals surface area contributed by atoms with Crippen molar-refractivity contribution in [3.05, 3.63) is 0 Å². The highest BCUT2D eigenvalue weighted by molar-refractivity contribution is 9.10. The number of hydrogen-bond acceptors (Lipinski definition) is 1. The molecule has 3 heteroatoms. The van der Waals surface area contributed by atoms with Crippen molar-refractivity contribution in [1.29, 1.82) is 0 Å². The van der Waals surface area contributed by atoms with Crippen LogP contribution in [0.25, 0.3) is 0 Å². The molecule has 1 fully saturated rings. The molecular formula is C6H10BrNO. The molecular weight excluding hydrogens is 182 g/mol. The third kappa shape index (κ3) is 1.11. The second-order valence-electron chi connectivity index (χ2n) is 3.07. The van der Waals surface area contributed by atoms with Crippen LogP contribution in [0.4, 0.5) is 0 Å². The fourth-order valence-electron chi connectivity index (χ4n) is 0.849. The van der Waals surface area contributed by atoms with E-state index in [1.54, 1.807) is 0 Å². The zero-order valence-electron chi connectivity index (χ0n) is 5.57. The summed E-state index contributed by atoms with van der Waals surface area (Å²) in [7, 11) is 0. The van der Waals surface area contributed by atoms with Gasteiger partial charge in [0.25, 0.3) is 0 Å². The molecule has 2 nitrogen and oxygen atoms in total. The fraction of sp³-hybridized carbons (Fsp3) is 0.833. The zero-order valence-corrected chi connectivity index (χ0v) is 7.16. The van der Waals surface area contributed by atoms with Crippen molar-refractivity contribution in [2.45, 2.75) is 18.7 Å².